The molecule has 8 heteroatoms. The number of pyridine rings is 1. The first kappa shape index (κ1) is 17.9. The van der Waals surface area contributed by atoms with Crippen LogP contribution in [0.25, 0.3) is 4.96 Å². The molecule has 0 saturated carbocycles. The number of aromatic nitrogens is 3. The zero-order valence-electron chi connectivity index (χ0n) is 15.5. The molecule has 0 bridgehead atoms. The molecule has 1 fully saturated rings. The molecule has 0 aliphatic carbocycles. The lowest BCUT2D eigenvalue weighted by Gasteiger charge is -2.34. The van der Waals surface area contributed by atoms with E-state index in [-0.39, 0.29) is 6.03 Å². The maximum atomic E-state index is 12.4. The average Bonchev–Trinajstić information content (AvgIpc) is 3.26. The molecule has 3 aromatic rings. The summed E-state index contributed by atoms with van der Waals surface area (Å²) in [6.07, 6.45) is 6.62. The maximum Gasteiger partial charge on any atom is 0.317 e. The number of amides is 2. The second kappa shape index (κ2) is 8.06. The SMILES string of the molecule is Cc1cccnc1CN1CCN(C(=O)NCCc2cn3ccsc3n2)CC1. The Kier molecular flexibility index (Phi) is 5.35. The maximum absolute atomic E-state index is 12.4. The number of piperazine rings is 1. The minimum atomic E-state index is 0.0182. The Bertz CT molecular complexity index is 883. The third-order valence-corrected chi connectivity index (χ3v) is 5.72. The molecule has 0 spiro atoms. The van der Waals surface area contributed by atoms with Crippen LogP contribution >= 0.6 is 11.3 Å². The number of nitrogens with zero attached hydrogens (tertiary/aromatic N) is 5. The summed E-state index contributed by atoms with van der Waals surface area (Å²) in [5, 5.41) is 5.04. The first-order chi connectivity index (χ1) is 13.2. The fourth-order valence-corrected chi connectivity index (χ4v) is 4.03. The Hall–Kier alpha value is -2.45. The highest BCUT2D eigenvalue weighted by Gasteiger charge is 2.21. The molecule has 0 atom stereocenters. The zero-order valence-corrected chi connectivity index (χ0v) is 16.3. The van der Waals surface area contributed by atoms with Crippen LogP contribution in [0.5, 0.6) is 0 Å². The van der Waals surface area contributed by atoms with E-state index in [9.17, 15) is 4.79 Å². The van der Waals surface area contributed by atoms with E-state index in [4.69, 9.17) is 0 Å². The van der Waals surface area contributed by atoms with E-state index in [1.807, 2.05) is 39.3 Å². The largest absolute Gasteiger partial charge is 0.338 e. The van der Waals surface area contributed by atoms with Gasteiger partial charge in [-0.3, -0.25) is 14.3 Å². The summed E-state index contributed by atoms with van der Waals surface area (Å²) >= 11 is 1.62. The Labute approximate surface area is 162 Å². The summed E-state index contributed by atoms with van der Waals surface area (Å²) in [5.74, 6) is 0. The van der Waals surface area contributed by atoms with Gasteiger partial charge in [-0.05, 0) is 18.6 Å². The topological polar surface area (TPSA) is 65.8 Å². The molecule has 1 N–H and O–H groups in total. The van der Waals surface area contributed by atoms with E-state index in [2.05, 4.69) is 33.2 Å². The Balaban J connectivity index is 1.20. The molecule has 0 radical (unpaired) electrons. The third kappa shape index (κ3) is 4.28. The fourth-order valence-electron chi connectivity index (χ4n) is 3.31. The number of hydrogen-bond acceptors (Lipinski definition) is 5. The van der Waals surface area contributed by atoms with Crippen LogP contribution in [0.4, 0.5) is 4.79 Å². The molecule has 142 valence electrons. The van der Waals surface area contributed by atoms with Gasteiger partial charge in [0.1, 0.15) is 0 Å². The van der Waals surface area contributed by atoms with E-state index in [0.29, 0.717) is 6.54 Å². The van der Waals surface area contributed by atoms with Gasteiger partial charge in [0, 0.05) is 69.7 Å². The molecular formula is C19H24N6OS. The van der Waals surface area contributed by atoms with Crippen molar-refractivity contribution in [2.24, 2.45) is 0 Å². The molecule has 7 nitrogen and oxygen atoms in total. The fraction of sp³-hybridized carbons (Fsp3) is 0.421. The highest BCUT2D eigenvalue weighted by Crippen LogP contribution is 2.12. The summed E-state index contributed by atoms with van der Waals surface area (Å²) < 4.78 is 2.02. The Morgan fingerprint density at radius 1 is 1.30 bits per heavy atom. The van der Waals surface area contributed by atoms with Crippen molar-refractivity contribution in [1.29, 1.82) is 0 Å². The highest BCUT2D eigenvalue weighted by molar-refractivity contribution is 7.15. The molecule has 2 amide bonds. The van der Waals surface area contributed by atoms with E-state index in [1.165, 1.54) is 5.56 Å². The van der Waals surface area contributed by atoms with Crippen molar-refractivity contribution < 1.29 is 4.79 Å². The lowest BCUT2D eigenvalue weighted by Crippen LogP contribution is -2.51. The van der Waals surface area contributed by atoms with Crippen molar-refractivity contribution in [1.82, 2.24) is 29.5 Å². The molecule has 1 saturated heterocycles. The van der Waals surface area contributed by atoms with Crippen LogP contribution in [0.1, 0.15) is 17.0 Å². The van der Waals surface area contributed by atoms with Crippen LogP contribution < -0.4 is 5.32 Å². The number of rotatable bonds is 5. The average molecular weight is 385 g/mol. The normalized spacial score (nSPS) is 15.4. The molecule has 4 rings (SSSR count). The molecule has 4 heterocycles. The molecule has 1 aliphatic rings. The number of urea groups is 1. The first-order valence-electron chi connectivity index (χ1n) is 9.26. The number of thiazole rings is 1. The van der Waals surface area contributed by atoms with Gasteiger partial charge in [-0.25, -0.2) is 9.78 Å². The second-order valence-electron chi connectivity index (χ2n) is 6.84. The number of carbonyl (C=O) groups excluding carboxylic acids is 1. The summed E-state index contributed by atoms with van der Waals surface area (Å²) in [6, 6.07) is 4.08. The van der Waals surface area contributed by atoms with E-state index in [0.717, 1.165) is 55.5 Å². The highest BCUT2D eigenvalue weighted by atomic mass is 32.1. The summed E-state index contributed by atoms with van der Waals surface area (Å²) in [4.78, 5) is 26.6. The van der Waals surface area contributed by atoms with Crippen molar-refractivity contribution >= 4 is 22.3 Å². The minimum absolute atomic E-state index is 0.0182. The lowest BCUT2D eigenvalue weighted by molar-refractivity contribution is 0.134. The Morgan fingerprint density at radius 3 is 2.93 bits per heavy atom. The monoisotopic (exact) mass is 384 g/mol. The Morgan fingerprint density at radius 2 is 2.15 bits per heavy atom. The van der Waals surface area contributed by atoms with Crippen LogP contribution in [0.2, 0.25) is 0 Å². The second-order valence-corrected chi connectivity index (χ2v) is 7.71. The standard InChI is InChI=1S/C19H24N6OS/c1-15-3-2-5-20-17(15)14-23-7-9-24(10-8-23)18(26)21-6-4-16-13-25-11-12-27-19(25)22-16/h2-3,5,11-13H,4,6-10,14H2,1H3,(H,21,26). The smallest absolute Gasteiger partial charge is 0.317 e. The van der Waals surface area contributed by atoms with Crippen molar-refractivity contribution in [2.45, 2.75) is 19.9 Å². The van der Waals surface area contributed by atoms with E-state index < -0.39 is 0 Å². The van der Waals surface area contributed by atoms with Gasteiger partial charge in [0.15, 0.2) is 4.96 Å². The predicted octanol–water partition coefficient (Wildman–Crippen LogP) is 2.17. The van der Waals surface area contributed by atoms with Gasteiger partial charge in [0.05, 0.1) is 11.4 Å². The minimum Gasteiger partial charge on any atom is -0.338 e. The van der Waals surface area contributed by atoms with Crippen molar-refractivity contribution in [3.8, 4) is 0 Å². The molecule has 3 aromatic heterocycles. The van der Waals surface area contributed by atoms with Crippen molar-refractivity contribution in [2.75, 3.05) is 32.7 Å². The molecular weight excluding hydrogens is 360 g/mol. The van der Waals surface area contributed by atoms with Gasteiger partial charge in [-0.1, -0.05) is 6.07 Å². The number of nitrogens with one attached hydrogen (secondary N) is 1. The van der Waals surface area contributed by atoms with Crippen LogP contribution in [0.3, 0.4) is 0 Å². The summed E-state index contributed by atoms with van der Waals surface area (Å²) in [5.41, 5.74) is 3.35. The van der Waals surface area contributed by atoms with Gasteiger partial charge >= 0.3 is 6.03 Å². The molecule has 1 aliphatic heterocycles. The van der Waals surface area contributed by atoms with Gasteiger partial charge in [-0.2, -0.15) is 0 Å². The van der Waals surface area contributed by atoms with Gasteiger partial charge in [0.2, 0.25) is 0 Å². The van der Waals surface area contributed by atoms with Gasteiger partial charge in [-0.15, -0.1) is 11.3 Å². The quantitative estimate of drug-likeness (QED) is 0.732. The number of hydrogen-bond donors (Lipinski definition) is 1. The zero-order chi connectivity index (χ0) is 18.6. The summed E-state index contributed by atoms with van der Waals surface area (Å²) in [6.45, 7) is 6.80. The first-order valence-corrected chi connectivity index (χ1v) is 10.1. The number of carbonyl (C=O) groups is 1. The number of fused-ring (bicyclic) bond motifs is 1. The van der Waals surface area contributed by atoms with Crippen LogP contribution in [-0.2, 0) is 13.0 Å². The number of imidazole rings is 1. The van der Waals surface area contributed by atoms with Crippen LogP contribution in [0, 0.1) is 6.92 Å². The van der Waals surface area contributed by atoms with Crippen LogP contribution in [0.15, 0.2) is 36.1 Å². The van der Waals surface area contributed by atoms with Gasteiger partial charge in [0.25, 0.3) is 0 Å². The molecule has 27 heavy (non-hydrogen) atoms. The van der Waals surface area contributed by atoms with Crippen molar-refractivity contribution in [3.05, 3.63) is 53.1 Å². The number of aryl methyl sites for hydroxylation is 1. The molecule has 0 aromatic carbocycles. The van der Waals surface area contributed by atoms with Crippen molar-refractivity contribution in [3.63, 3.8) is 0 Å². The molecule has 0 unspecified atom stereocenters. The van der Waals surface area contributed by atoms with E-state index >= 15 is 0 Å². The predicted molar refractivity (Wildman–Crippen MR) is 106 cm³/mol. The van der Waals surface area contributed by atoms with Crippen LogP contribution in [-0.4, -0.2) is 62.9 Å². The van der Waals surface area contributed by atoms with E-state index in [1.54, 1.807) is 11.3 Å². The van der Waals surface area contributed by atoms with Gasteiger partial charge < -0.3 is 10.2 Å². The summed E-state index contributed by atoms with van der Waals surface area (Å²) in [7, 11) is 0. The lowest BCUT2D eigenvalue weighted by atomic mass is 10.2. The third-order valence-electron chi connectivity index (χ3n) is 4.95.